The fraction of sp³-hybridized carbons (Fsp3) is 0. The third-order valence-electron chi connectivity index (χ3n) is 2.51. The Morgan fingerprint density at radius 3 is 2.58 bits per heavy atom. The summed E-state index contributed by atoms with van der Waals surface area (Å²) in [6, 6.07) is 8.56. The minimum Gasteiger partial charge on any atom is -0.399 e. The minimum atomic E-state index is -0.734. The zero-order chi connectivity index (χ0) is 14.0. The van der Waals surface area contributed by atoms with Crippen molar-refractivity contribution >= 4 is 34.6 Å². The molecule has 2 aromatic carbocycles. The molecule has 5 N–H and O–H groups in total. The van der Waals surface area contributed by atoms with Crippen molar-refractivity contribution < 1.29 is 9.18 Å². The summed E-state index contributed by atoms with van der Waals surface area (Å²) >= 11 is 6.00. The van der Waals surface area contributed by atoms with E-state index in [2.05, 4.69) is 5.32 Å². The molecule has 0 heterocycles. The predicted octanol–water partition coefficient (Wildman–Crippen LogP) is 2.90. The lowest BCUT2D eigenvalue weighted by Crippen LogP contribution is -2.13. The number of nitrogens with one attached hydrogen (secondary N) is 1. The number of nitrogens with two attached hydrogens (primary N) is 2. The normalized spacial score (nSPS) is 10.2. The first-order chi connectivity index (χ1) is 8.97. The van der Waals surface area contributed by atoms with Crippen molar-refractivity contribution in [3.05, 3.63) is 52.8 Å². The Morgan fingerprint density at radius 2 is 1.89 bits per heavy atom. The van der Waals surface area contributed by atoms with Gasteiger partial charge in [-0.3, -0.25) is 4.79 Å². The van der Waals surface area contributed by atoms with Crippen LogP contribution >= 0.6 is 11.6 Å². The van der Waals surface area contributed by atoms with E-state index >= 15 is 0 Å². The van der Waals surface area contributed by atoms with E-state index in [1.165, 1.54) is 12.1 Å². The van der Waals surface area contributed by atoms with Crippen LogP contribution in [-0.2, 0) is 0 Å². The van der Waals surface area contributed by atoms with Crippen molar-refractivity contribution in [2.45, 2.75) is 0 Å². The lowest BCUT2D eigenvalue weighted by atomic mass is 10.1. The maximum atomic E-state index is 13.1. The van der Waals surface area contributed by atoms with Crippen LogP contribution in [-0.4, -0.2) is 5.91 Å². The number of benzene rings is 2. The second kappa shape index (κ2) is 5.16. The molecule has 0 aromatic heterocycles. The van der Waals surface area contributed by atoms with E-state index in [0.29, 0.717) is 22.1 Å². The Bertz CT molecular complexity index is 646. The third-order valence-corrected chi connectivity index (χ3v) is 2.84. The van der Waals surface area contributed by atoms with Gasteiger partial charge in [0.05, 0.1) is 22.0 Å². The highest BCUT2D eigenvalue weighted by Crippen LogP contribution is 2.29. The summed E-state index contributed by atoms with van der Waals surface area (Å²) in [5.41, 5.74) is 12.3. The van der Waals surface area contributed by atoms with Crippen LogP contribution in [0.4, 0.5) is 21.5 Å². The molecule has 2 rings (SSSR count). The summed E-state index contributed by atoms with van der Waals surface area (Å²) < 4.78 is 13.1. The van der Waals surface area contributed by atoms with Gasteiger partial charge in [0.15, 0.2) is 0 Å². The quantitative estimate of drug-likeness (QED) is 0.756. The molecule has 0 atom stereocenters. The lowest BCUT2D eigenvalue weighted by Gasteiger charge is -2.12. The van der Waals surface area contributed by atoms with Gasteiger partial charge in [0.2, 0.25) is 0 Å². The van der Waals surface area contributed by atoms with Gasteiger partial charge >= 0.3 is 0 Å². The van der Waals surface area contributed by atoms with Crippen molar-refractivity contribution in [3.63, 3.8) is 0 Å². The number of halogens is 2. The average molecular weight is 280 g/mol. The van der Waals surface area contributed by atoms with Crippen LogP contribution in [0.1, 0.15) is 10.4 Å². The number of carbonyl (C=O) groups is 1. The van der Waals surface area contributed by atoms with Crippen molar-refractivity contribution in [3.8, 4) is 0 Å². The molecule has 6 heteroatoms. The van der Waals surface area contributed by atoms with Crippen LogP contribution in [0.3, 0.4) is 0 Å². The molecular formula is C13H11ClFN3O. The summed E-state index contributed by atoms with van der Waals surface area (Å²) in [6.45, 7) is 0. The number of nitrogen functional groups attached to an aromatic ring is 1. The molecule has 19 heavy (non-hydrogen) atoms. The fourth-order valence-corrected chi connectivity index (χ4v) is 1.78. The lowest BCUT2D eigenvalue weighted by molar-refractivity contribution is 0.100. The van der Waals surface area contributed by atoms with Gasteiger partial charge in [0.1, 0.15) is 5.82 Å². The molecule has 0 saturated heterocycles. The SMILES string of the molecule is NC(=O)c1cc(F)ccc1Nc1cc(N)ccc1Cl. The van der Waals surface area contributed by atoms with Gasteiger partial charge in [-0.2, -0.15) is 0 Å². The summed E-state index contributed by atoms with van der Waals surface area (Å²) in [6.07, 6.45) is 0. The Balaban J connectivity index is 2.43. The Kier molecular flexibility index (Phi) is 3.57. The molecule has 0 aliphatic carbocycles. The van der Waals surface area contributed by atoms with E-state index in [1.807, 2.05) is 0 Å². The molecule has 0 saturated carbocycles. The standard InChI is InChI=1S/C13H11ClFN3O/c14-10-3-2-8(16)6-12(10)18-11-4-1-7(15)5-9(11)13(17)19/h1-6,18H,16H2,(H2,17,19). The van der Waals surface area contributed by atoms with Gasteiger partial charge in [0, 0.05) is 5.69 Å². The molecule has 1 amide bonds. The van der Waals surface area contributed by atoms with E-state index in [9.17, 15) is 9.18 Å². The highest BCUT2D eigenvalue weighted by atomic mass is 35.5. The molecule has 2 aromatic rings. The van der Waals surface area contributed by atoms with Crippen molar-refractivity contribution in [1.29, 1.82) is 0 Å². The van der Waals surface area contributed by atoms with Gasteiger partial charge in [-0.1, -0.05) is 11.6 Å². The van der Waals surface area contributed by atoms with Crippen LogP contribution in [0.25, 0.3) is 0 Å². The third kappa shape index (κ3) is 2.95. The van der Waals surface area contributed by atoms with Crippen LogP contribution < -0.4 is 16.8 Å². The Morgan fingerprint density at radius 1 is 1.16 bits per heavy atom. The molecule has 4 nitrogen and oxygen atoms in total. The Hall–Kier alpha value is -2.27. The van der Waals surface area contributed by atoms with Crippen molar-refractivity contribution in [1.82, 2.24) is 0 Å². The molecule has 0 unspecified atom stereocenters. The first-order valence-corrected chi connectivity index (χ1v) is 5.76. The van der Waals surface area contributed by atoms with E-state index in [0.717, 1.165) is 6.07 Å². The molecule has 0 aliphatic heterocycles. The highest BCUT2D eigenvalue weighted by Gasteiger charge is 2.11. The molecule has 98 valence electrons. The maximum absolute atomic E-state index is 13.1. The first kappa shape index (κ1) is 13.2. The van der Waals surface area contributed by atoms with Crippen LogP contribution in [0, 0.1) is 5.82 Å². The van der Waals surface area contributed by atoms with Crippen LogP contribution in [0.5, 0.6) is 0 Å². The number of anilines is 3. The van der Waals surface area contributed by atoms with Gasteiger partial charge in [-0.15, -0.1) is 0 Å². The maximum Gasteiger partial charge on any atom is 0.250 e. The molecule has 0 spiro atoms. The fourth-order valence-electron chi connectivity index (χ4n) is 1.61. The number of primary amides is 1. The number of hydrogen-bond donors (Lipinski definition) is 3. The highest BCUT2D eigenvalue weighted by molar-refractivity contribution is 6.33. The molecule has 0 aliphatic rings. The van der Waals surface area contributed by atoms with E-state index < -0.39 is 11.7 Å². The number of hydrogen-bond acceptors (Lipinski definition) is 3. The summed E-state index contributed by atoms with van der Waals surface area (Å²) in [7, 11) is 0. The largest absolute Gasteiger partial charge is 0.399 e. The van der Waals surface area contributed by atoms with E-state index in [-0.39, 0.29) is 5.56 Å². The second-order valence-electron chi connectivity index (χ2n) is 3.92. The van der Waals surface area contributed by atoms with Crippen LogP contribution in [0.15, 0.2) is 36.4 Å². The predicted molar refractivity (Wildman–Crippen MR) is 74.1 cm³/mol. The van der Waals surface area contributed by atoms with E-state index in [1.54, 1.807) is 18.2 Å². The van der Waals surface area contributed by atoms with Crippen molar-refractivity contribution in [2.24, 2.45) is 5.73 Å². The number of amides is 1. The summed E-state index contributed by atoms with van der Waals surface area (Å²) in [4.78, 5) is 11.3. The molecular weight excluding hydrogens is 269 g/mol. The second-order valence-corrected chi connectivity index (χ2v) is 4.33. The molecule has 0 bridgehead atoms. The molecule has 0 fully saturated rings. The van der Waals surface area contributed by atoms with Gasteiger partial charge in [-0.05, 0) is 36.4 Å². The monoisotopic (exact) mass is 279 g/mol. The van der Waals surface area contributed by atoms with Crippen molar-refractivity contribution in [2.75, 3.05) is 11.1 Å². The van der Waals surface area contributed by atoms with Gasteiger partial charge in [0.25, 0.3) is 5.91 Å². The number of carbonyl (C=O) groups excluding carboxylic acids is 1. The first-order valence-electron chi connectivity index (χ1n) is 5.39. The number of rotatable bonds is 3. The molecule has 0 radical (unpaired) electrons. The van der Waals surface area contributed by atoms with E-state index in [4.69, 9.17) is 23.1 Å². The summed E-state index contributed by atoms with van der Waals surface area (Å²) in [5.74, 6) is -1.28. The zero-order valence-corrected chi connectivity index (χ0v) is 10.5. The summed E-state index contributed by atoms with van der Waals surface area (Å²) in [5, 5.41) is 3.34. The topological polar surface area (TPSA) is 81.1 Å². The Labute approximate surface area is 114 Å². The van der Waals surface area contributed by atoms with Gasteiger partial charge < -0.3 is 16.8 Å². The van der Waals surface area contributed by atoms with Gasteiger partial charge in [-0.25, -0.2) is 4.39 Å². The average Bonchev–Trinajstić information content (AvgIpc) is 2.35. The minimum absolute atomic E-state index is 0.0403. The zero-order valence-electron chi connectivity index (χ0n) is 9.78. The smallest absolute Gasteiger partial charge is 0.250 e. The van der Waals surface area contributed by atoms with Crippen LogP contribution in [0.2, 0.25) is 5.02 Å².